The molecule has 9 nitrogen and oxygen atoms in total. The van der Waals surface area contributed by atoms with Crippen LogP contribution in [0, 0.1) is 0 Å². The minimum absolute atomic E-state index is 0.156. The second-order valence-corrected chi connectivity index (χ2v) is 13.7. The summed E-state index contributed by atoms with van der Waals surface area (Å²) in [5.74, 6) is -0.416. The third-order valence-corrected chi connectivity index (χ3v) is 11.1. The lowest BCUT2D eigenvalue weighted by Gasteiger charge is -2.34. The number of rotatable bonds is 7. The SMILES string of the molecule is O=C(Nc1ccc(S(=O)(=O)N2CCCC[C@H]2c2cccnc2)cc1)c1ccc(S(=O)(=O)N2CCCCC2)cc1. The van der Waals surface area contributed by atoms with Gasteiger partial charge in [0.05, 0.1) is 15.8 Å². The third-order valence-electron chi connectivity index (χ3n) is 7.31. The highest BCUT2D eigenvalue weighted by Crippen LogP contribution is 2.35. The van der Waals surface area contributed by atoms with Crippen molar-refractivity contribution in [2.45, 2.75) is 54.4 Å². The number of piperidine rings is 2. The van der Waals surface area contributed by atoms with Crippen LogP contribution in [0.3, 0.4) is 0 Å². The van der Waals surface area contributed by atoms with Crippen LogP contribution in [-0.4, -0.2) is 56.0 Å². The van der Waals surface area contributed by atoms with Crippen LogP contribution >= 0.6 is 0 Å². The molecule has 39 heavy (non-hydrogen) atoms. The molecule has 0 bridgehead atoms. The lowest BCUT2D eigenvalue weighted by atomic mass is 9.99. The zero-order valence-corrected chi connectivity index (χ0v) is 23.2. The van der Waals surface area contributed by atoms with E-state index in [9.17, 15) is 21.6 Å². The van der Waals surface area contributed by atoms with Crippen LogP contribution < -0.4 is 5.32 Å². The highest BCUT2D eigenvalue weighted by atomic mass is 32.2. The van der Waals surface area contributed by atoms with E-state index in [-0.39, 0.29) is 15.8 Å². The van der Waals surface area contributed by atoms with E-state index in [4.69, 9.17) is 0 Å². The summed E-state index contributed by atoms with van der Waals surface area (Å²) < 4.78 is 55.8. The molecule has 2 saturated heterocycles. The van der Waals surface area contributed by atoms with Gasteiger partial charge in [-0.3, -0.25) is 9.78 Å². The normalized spacial score (nSPS) is 19.4. The minimum Gasteiger partial charge on any atom is -0.322 e. The first-order valence-corrected chi connectivity index (χ1v) is 16.1. The summed E-state index contributed by atoms with van der Waals surface area (Å²) in [7, 11) is -7.33. The molecule has 11 heteroatoms. The van der Waals surface area contributed by atoms with Crippen molar-refractivity contribution in [1.29, 1.82) is 0 Å². The Hall–Kier alpha value is -3.12. The van der Waals surface area contributed by atoms with Crippen molar-refractivity contribution in [3.63, 3.8) is 0 Å². The molecule has 1 aromatic heterocycles. The first-order valence-electron chi connectivity index (χ1n) is 13.2. The number of carbonyl (C=O) groups is 1. The number of pyridine rings is 1. The Morgan fingerprint density at radius 2 is 1.41 bits per heavy atom. The fourth-order valence-corrected chi connectivity index (χ4v) is 8.38. The molecule has 1 N–H and O–H groups in total. The fourth-order valence-electron chi connectivity index (χ4n) is 5.18. The van der Waals surface area contributed by atoms with Crippen molar-refractivity contribution < 1.29 is 21.6 Å². The van der Waals surface area contributed by atoms with Gasteiger partial charge in [0.25, 0.3) is 5.91 Å². The molecule has 0 spiro atoms. The van der Waals surface area contributed by atoms with E-state index in [1.165, 1.54) is 40.7 Å². The number of nitrogens with one attached hydrogen (secondary N) is 1. The molecule has 2 aliphatic heterocycles. The first kappa shape index (κ1) is 27.4. The fraction of sp³-hybridized carbons (Fsp3) is 0.357. The van der Waals surface area contributed by atoms with Gasteiger partial charge in [-0.05, 0) is 85.8 Å². The largest absolute Gasteiger partial charge is 0.322 e. The molecule has 0 aliphatic carbocycles. The Balaban J connectivity index is 1.27. The molecule has 2 aliphatic rings. The molecule has 2 aromatic carbocycles. The van der Waals surface area contributed by atoms with Crippen molar-refractivity contribution in [1.82, 2.24) is 13.6 Å². The van der Waals surface area contributed by atoms with E-state index in [0.717, 1.165) is 44.1 Å². The maximum Gasteiger partial charge on any atom is 0.255 e. The average molecular weight is 569 g/mol. The topological polar surface area (TPSA) is 117 Å². The summed E-state index contributed by atoms with van der Waals surface area (Å²) in [6.07, 6.45) is 8.59. The molecule has 0 radical (unpaired) electrons. The summed E-state index contributed by atoms with van der Waals surface area (Å²) in [6, 6.07) is 15.4. The summed E-state index contributed by atoms with van der Waals surface area (Å²) in [5.41, 5.74) is 1.61. The van der Waals surface area contributed by atoms with Crippen LogP contribution in [0.5, 0.6) is 0 Å². The smallest absolute Gasteiger partial charge is 0.255 e. The van der Waals surface area contributed by atoms with Crippen LogP contribution in [0.25, 0.3) is 0 Å². The number of sulfonamides is 2. The average Bonchev–Trinajstić information content (AvgIpc) is 2.98. The number of aromatic nitrogens is 1. The quantitative estimate of drug-likeness (QED) is 0.451. The Labute approximate surface area is 230 Å². The highest BCUT2D eigenvalue weighted by molar-refractivity contribution is 7.89. The van der Waals surface area contributed by atoms with E-state index in [0.29, 0.717) is 30.9 Å². The predicted octanol–water partition coefficient (Wildman–Crippen LogP) is 4.42. The molecule has 5 rings (SSSR count). The van der Waals surface area contributed by atoms with Crippen molar-refractivity contribution >= 4 is 31.6 Å². The van der Waals surface area contributed by atoms with Gasteiger partial charge in [0.2, 0.25) is 20.0 Å². The molecule has 1 atom stereocenters. The Morgan fingerprint density at radius 3 is 2.08 bits per heavy atom. The van der Waals surface area contributed by atoms with Gasteiger partial charge in [0, 0.05) is 43.3 Å². The molecule has 0 unspecified atom stereocenters. The lowest BCUT2D eigenvalue weighted by molar-refractivity contribution is 0.102. The van der Waals surface area contributed by atoms with E-state index in [1.54, 1.807) is 28.8 Å². The summed E-state index contributed by atoms with van der Waals surface area (Å²) in [4.78, 5) is 17.3. The van der Waals surface area contributed by atoms with Crippen molar-refractivity contribution in [2.75, 3.05) is 25.0 Å². The maximum absolute atomic E-state index is 13.5. The zero-order chi connectivity index (χ0) is 27.5. The van der Waals surface area contributed by atoms with Gasteiger partial charge in [-0.25, -0.2) is 16.8 Å². The molecule has 2 fully saturated rings. The van der Waals surface area contributed by atoms with Gasteiger partial charge in [-0.15, -0.1) is 0 Å². The Bertz CT molecular complexity index is 1500. The predicted molar refractivity (Wildman–Crippen MR) is 148 cm³/mol. The van der Waals surface area contributed by atoms with Gasteiger partial charge in [-0.1, -0.05) is 18.9 Å². The van der Waals surface area contributed by atoms with Crippen molar-refractivity contribution in [3.8, 4) is 0 Å². The number of hydrogen-bond acceptors (Lipinski definition) is 6. The van der Waals surface area contributed by atoms with Gasteiger partial charge in [0.1, 0.15) is 0 Å². The van der Waals surface area contributed by atoms with Crippen molar-refractivity contribution in [2.24, 2.45) is 0 Å². The van der Waals surface area contributed by atoms with Crippen LogP contribution in [0.2, 0.25) is 0 Å². The monoisotopic (exact) mass is 568 g/mol. The van der Waals surface area contributed by atoms with Gasteiger partial charge in [-0.2, -0.15) is 8.61 Å². The number of anilines is 1. The maximum atomic E-state index is 13.5. The molecule has 3 heterocycles. The van der Waals surface area contributed by atoms with Crippen LogP contribution in [0.4, 0.5) is 5.69 Å². The zero-order valence-electron chi connectivity index (χ0n) is 21.6. The van der Waals surface area contributed by atoms with Crippen LogP contribution in [-0.2, 0) is 20.0 Å². The molecular formula is C28H32N4O5S2. The molecular weight excluding hydrogens is 536 g/mol. The lowest BCUT2D eigenvalue weighted by Crippen LogP contribution is -2.38. The van der Waals surface area contributed by atoms with E-state index in [2.05, 4.69) is 10.3 Å². The summed E-state index contributed by atoms with van der Waals surface area (Å²) in [6.45, 7) is 1.46. The Kier molecular flexibility index (Phi) is 8.13. The van der Waals surface area contributed by atoms with E-state index < -0.39 is 26.0 Å². The van der Waals surface area contributed by atoms with Gasteiger partial charge < -0.3 is 5.32 Å². The standard InChI is InChI=1S/C28H32N4O5S2/c33-28(22-9-13-25(14-10-22)38(34,35)31-18-3-1-4-19-31)30-24-11-15-26(16-12-24)39(36,37)32-20-5-2-8-27(32)23-7-6-17-29-21-23/h6-7,9-17,21,27H,1-5,8,18-20H2,(H,30,33)/t27-/m0/s1. The molecule has 206 valence electrons. The molecule has 3 aromatic rings. The van der Waals surface area contributed by atoms with Gasteiger partial charge >= 0.3 is 0 Å². The number of benzene rings is 2. The number of carbonyl (C=O) groups excluding carboxylic acids is 1. The van der Waals surface area contributed by atoms with E-state index in [1.807, 2.05) is 12.1 Å². The third kappa shape index (κ3) is 5.91. The van der Waals surface area contributed by atoms with Gasteiger partial charge in [0.15, 0.2) is 0 Å². The number of hydrogen-bond donors (Lipinski definition) is 1. The second kappa shape index (κ2) is 11.5. The van der Waals surface area contributed by atoms with E-state index >= 15 is 0 Å². The highest BCUT2D eigenvalue weighted by Gasteiger charge is 2.34. The first-order chi connectivity index (χ1) is 18.8. The molecule has 0 saturated carbocycles. The summed E-state index contributed by atoms with van der Waals surface area (Å²) in [5, 5.41) is 2.76. The second-order valence-electron chi connectivity index (χ2n) is 9.88. The summed E-state index contributed by atoms with van der Waals surface area (Å²) >= 11 is 0. The Morgan fingerprint density at radius 1 is 0.769 bits per heavy atom. The van der Waals surface area contributed by atoms with Crippen LogP contribution in [0.1, 0.15) is 60.5 Å². The number of nitrogens with zero attached hydrogens (tertiary/aromatic N) is 3. The molecule has 1 amide bonds. The van der Waals surface area contributed by atoms with Crippen LogP contribution in [0.15, 0.2) is 82.8 Å². The number of amides is 1. The van der Waals surface area contributed by atoms with Crippen molar-refractivity contribution in [3.05, 3.63) is 84.2 Å². The minimum atomic E-state index is -3.75.